The molecule has 0 fully saturated rings. The molecule has 0 rings (SSSR count). The Balaban J connectivity index is -0.00000578. The molecule has 12 nitrogen and oxygen atoms in total. The van der Waals surface area contributed by atoms with Gasteiger partial charge in [-0.25, -0.2) is 6.29 Å². The van der Waals surface area contributed by atoms with Gasteiger partial charge in [0, 0.05) is 56.1 Å². The molecule has 0 aromatic rings. The topological polar surface area (TPSA) is 177 Å². The summed E-state index contributed by atoms with van der Waals surface area (Å²) in [6, 6.07) is -4.66. The maximum absolute atomic E-state index is 12.5. The fourth-order valence-corrected chi connectivity index (χ4v) is 2.54. The third kappa shape index (κ3) is 15.6. The van der Waals surface area contributed by atoms with E-state index in [2.05, 4.69) is 33.9 Å². The summed E-state index contributed by atoms with van der Waals surface area (Å²) in [4.78, 5) is 82.9. The maximum Gasteiger partial charge on any atom is 0.306 e. The van der Waals surface area contributed by atoms with Gasteiger partial charge in [-0.15, -0.1) is 0 Å². The first kappa shape index (κ1) is 36.7. The van der Waals surface area contributed by atoms with Gasteiger partial charge in [0.1, 0.15) is 25.8 Å². The SMILES string of the molecule is [3H]C(=O)C(C)NC(=O)C(CCC(=O)OC(C)C(NC(=O)[CH-]C)C(=O)NC(C)[C-]=O)NC(=O)C(C)S.[U].[V]. The maximum atomic E-state index is 12.5. The van der Waals surface area contributed by atoms with Crippen molar-refractivity contribution >= 4 is 54.8 Å². The van der Waals surface area contributed by atoms with Crippen molar-refractivity contribution in [1.82, 2.24) is 21.3 Å². The largest absolute Gasteiger partial charge is 0.540 e. The van der Waals surface area contributed by atoms with Crippen LogP contribution in [0.15, 0.2) is 0 Å². The summed E-state index contributed by atoms with van der Waals surface area (Å²) in [5.74, 6) is -3.64. The Morgan fingerprint density at radius 1 is 1.03 bits per heavy atom. The van der Waals surface area contributed by atoms with Gasteiger partial charge in [0.05, 0.1) is 17.2 Å². The van der Waals surface area contributed by atoms with Crippen LogP contribution in [0.25, 0.3) is 0 Å². The minimum atomic E-state index is -1.33. The molecule has 0 saturated carbocycles. The Kier molecular flexibility index (Phi) is 21.0. The van der Waals surface area contributed by atoms with Crippen LogP contribution in [0.5, 0.6) is 0 Å². The third-order valence-electron chi connectivity index (χ3n) is 4.35. The average Bonchev–Trinajstić information content (AvgIpc) is 2.78. The van der Waals surface area contributed by atoms with E-state index in [0.717, 1.165) is 6.42 Å². The molecule has 6 unspecified atom stereocenters. The smallest absolute Gasteiger partial charge is 0.306 e. The number of nitrogens with one attached hydrogen (secondary N) is 4. The van der Waals surface area contributed by atoms with Crippen LogP contribution < -0.4 is 21.3 Å². The van der Waals surface area contributed by atoms with Crippen LogP contribution in [0.4, 0.5) is 0 Å². The van der Waals surface area contributed by atoms with Gasteiger partial charge in [0.2, 0.25) is 17.7 Å². The summed E-state index contributed by atoms with van der Waals surface area (Å²) in [7, 11) is 0. The second-order valence-corrected chi connectivity index (χ2v) is 8.22. The number of aldehydes is 1. The Bertz CT molecular complexity index is 823. The summed E-state index contributed by atoms with van der Waals surface area (Å²) in [5.41, 5.74) is 0. The van der Waals surface area contributed by atoms with E-state index in [1.165, 1.54) is 34.6 Å². The second-order valence-electron chi connectivity index (χ2n) is 7.44. The van der Waals surface area contributed by atoms with E-state index in [0.29, 0.717) is 0 Å². The van der Waals surface area contributed by atoms with E-state index < -0.39 is 71.4 Å². The number of carbonyl (C=O) groups excluding carboxylic acids is 7. The molecular weight excluding hydrogens is 757 g/mol. The average molecular weight is 792 g/mol. The van der Waals surface area contributed by atoms with Gasteiger partial charge in [-0.05, 0) is 27.2 Å². The van der Waals surface area contributed by atoms with E-state index in [-0.39, 0.29) is 62.5 Å². The predicted octanol–water partition coefficient (Wildman–Crippen LogP) is -1.47. The van der Waals surface area contributed by atoms with Gasteiger partial charge in [0.15, 0.2) is 0 Å². The molecule has 0 aromatic heterocycles. The predicted molar refractivity (Wildman–Crippen MR) is 124 cm³/mol. The molecule has 15 heteroatoms. The van der Waals surface area contributed by atoms with Crippen LogP contribution in [0.3, 0.4) is 0 Å². The van der Waals surface area contributed by atoms with E-state index >= 15 is 0 Å². The van der Waals surface area contributed by atoms with Gasteiger partial charge >= 0.3 is 5.97 Å². The standard InChI is InChI=1S/C21H32N4O8S.U.V/c1-6-16(28)25-18(21(32)23-12(3)10-27)13(4)33-17(29)8-7-15(24-19(30)14(5)34)20(31)22-11(2)9-26;;/h6,9,11-15,18,34H,7-8H2,1-5H3,(H,22,31)(H,23,32)(H,24,30)(H,25,28);;/q-2;;/i9T;;. The Labute approximate surface area is 253 Å². The summed E-state index contributed by atoms with van der Waals surface area (Å²) in [6.45, 7) is 6.91. The van der Waals surface area contributed by atoms with Crippen molar-refractivity contribution in [3.63, 3.8) is 0 Å². The molecule has 36 heavy (non-hydrogen) atoms. The minimum absolute atomic E-state index is 0. The summed E-state index contributed by atoms with van der Waals surface area (Å²) >= 11 is 3.98. The molecule has 0 saturated heterocycles. The molecule has 0 bridgehead atoms. The molecular formula is C21H32N4O8SUV-2. The molecule has 0 aliphatic rings. The van der Waals surface area contributed by atoms with Crippen LogP contribution >= 0.6 is 12.6 Å². The Morgan fingerprint density at radius 3 is 2.08 bits per heavy atom. The zero-order chi connectivity index (χ0) is 27.3. The van der Waals surface area contributed by atoms with E-state index in [9.17, 15) is 33.6 Å². The zero-order valence-corrected chi connectivity index (χ0v) is 27.1. The molecule has 6 atom stereocenters. The molecule has 0 aliphatic carbocycles. The minimum Gasteiger partial charge on any atom is -0.540 e. The van der Waals surface area contributed by atoms with Crippen LogP contribution in [0.1, 0.15) is 48.8 Å². The van der Waals surface area contributed by atoms with Crippen molar-refractivity contribution in [1.29, 1.82) is 0 Å². The number of ether oxygens (including phenoxy) is 1. The van der Waals surface area contributed by atoms with E-state index in [1.54, 1.807) is 6.29 Å². The van der Waals surface area contributed by atoms with Crippen molar-refractivity contribution in [2.75, 3.05) is 0 Å². The Hall–Kier alpha value is -1.45. The monoisotopic (exact) mass is 791 g/mol. The molecule has 0 heterocycles. The summed E-state index contributed by atoms with van der Waals surface area (Å²) in [6.07, 6.45) is -0.101. The normalized spacial score (nSPS) is 15.2. The fourth-order valence-electron chi connectivity index (χ4n) is 2.47. The molecule has 4 amide bonds. The van der Waals surface area contributed by atoms with Crippen LogP contribution in [0, 0.1) is 37.5 Å². The van der Waals surface area contributed by atoms with Crippen molar-refractivity contribution in [2.24, 2.45) is 0 Å². The molecule has 0 aliphatic heterocycles. The fraction of sp³-hybridized carbons (Fsp3) is 0.619. The van der Waals surface area contributed by atoms with E-state index in [1.807, 2.05) is 0 Å². The molecule has 1 radical (unpaired) electrons. The van der Waals surface area contributed by atoms with Crippen LogP contribution in [-0.2, 0) is 56.9 Å². The van der Waals surface area contributed by atoms with Crippen LogP contribution in [0.2, 0.25) is 0 Å². The quantitative estimate of drug-likeness (QED) is 0.0578. The number of hydrogen-bond donors (Lipinski definition) is 5. The number of rotatable bonds is 15. The van der Waals surface area contributed by atoms with Crippen molar-refractivity contribution in [2.45, 2.75) is 83.0 Å². The van der Waals surface area contributed by atoms with Crippen molar-refractivity contribution in [3.05, 3.63) is 6.42 Å². The first-order valence-corrected chi connectivity index (χ1v) is 11.0. The van der Waals surface area contributed by atoms with Crippen molar-refractivity contribution < 1.29 is 89.3 Å². The van der Waals surface area contributed by atoms with Gasteiger partial charge in [-0.1, -0.05) is 13.0 Å². The van der Waals surface area contributed by atoms with E-state index in [4.69, 9.17) is 6.11 Å². The van der Waals surface area contributed by atoms with Gasteiger partial charge in [-0.2, -0.15) is 19.6 Å². The number of esters is 1. The summed E-state index contributed by atoms with van der Waals surface area (Å²) in [5, 5.41) is 8.57. The molecule has 4 N–H and O–H groups in total. The number of carbonyl (C=O) groups is 6. The zero-order valence-electron chi connectivity index (χ0n) is 21.6. The number of thiol groups is 1. The van der Waals surface area contributed by atoms with Crippen LogP contribution in [-0.4, -0.2) is 77.7 Å². The third-order valence-corrected chi connectivity index (χ3v) is 4.58. The van der Waals surface area contributed by atoms with Crippen molar-refractivity contribution in [3.8, 4) is 0 Å². The van der Waals surface area contributed by atoms with Gasteiger partial charge in [0.25, 0.3) is 0 Å². The molecule has 0 spiro atoms. The summed E-state index contributed by atoms with van der Waals surface area (Å²) < 4.78 is 12.3. The number of amides is 4. The first-order valence-electron chi connectivity index (χ1n) is 11.0. The molecule has 201 valence electrons. The second kappa shape index (κ2) is 20.6. The Morgan fingerprint density at radius 2 is 1.61 bits per heavy atom. The van der Waals surface area contributed by atoms with Gasteiger partial charge in [-0.3, -0.25) is 19.2 Å². The number of hydrogen-bond acceptors (Lipinski definition) is 9. The molecule has 0 aromatic carbocycles. The van der Waals surface area contributed by atoms with Gasteiger partial charge < -0.3 is 46.8 Å². The first-order chi connectivity index (χ1) is 16.2.